The molecule has 0 rings (SSSR count). The van der Waals surface area contributed by atoms with Crippen LogP contribution in [0.25, 0.3) is 0 Å². The molecule has 0 aromatic rings. The van der Waals surface area contributed by atoms with Gasteiger partial charge in [0.2, 0.25) is 0 Å². The first-order valence-corrected chi connectivity index (χ1v) is 31.5. The van der Waals surface area contributed by atoms with Crippen molar-refractivity contribution in [3.8, 4) is 0 Å². The third kappa shape index (κ3) is 59.5. The van der Waals surface area contributed by atoms with E-state index in [0.717, 1.165) is 103 Å². The van der Waals surface area contributed by atoms with Crippen molar-refractivity contribution in [2.24, 2.45) is 5.73 Å². The highest BCUT2D eigenvalue weighted by Gasteiger charge is 2.26. The number of ether oxygens (including phenoxy) is 2. The van der Waals surface area contributed by atoms with Crippen molar-refractivity contribution in [1.29, 1.82) is 0 Å². The maximum Gasteiger partial charge on any atom is 0.472 e. The highest BCUT2D eigenvalue weighted by atomic mass is 31.2. The molecular weight excluding hydrogens is 954 g/mol. The first kappa shape index (κ1) is 71.4. The van der Waals surface area contributed by atoms with Gasteiger partial charge in [-0.1, -0.05) is 245 Å². The van der Waals surface area contributed by atoms with Crippen LogP contribution in [-0.2, 0) is 32.7 Å². The van der Waals surface area contributed by atoms with Crippen molar-refractivity contribution in [2.75, 3.05) is 26.4 Å². The van der Waals surface area contributed by atoms with Gasteiger partial charge in [0.25, 0.3) is 0 Å². The number of phosphoric ester groups is 1. The molecule has 0 saturated carbocycles. The largest absolute Gasteiger partial charge is 0.472 e. The van der Waals surface area contributed by atoms with Crippen molar-refractivity contribution in [1.82, 2.24) is 0 Å². The smallest absolute Gasteiger partial charge is 0.462 e. The molecule has 3 N–H and O–H groups in total. The lowest BCUT2D eigenvalue weighted by Crippen LogP contribution is -2.29. The molecule has 0 bridgehead atoms. The van der Waals surface area contributed by atoms with Gasteiger partial charge in [-0.25, -0.2) is 4.57 Å². The van der Waals surface area contributed by atoms with Crippen LogP contribution in [0.2, 0.25) is 0 Å². The molecule has 0 aliphatic rings. The number of carbonyl (C=O) groups excluding carboxylic acids is 2. The van der Waals surface area contributed by atoms with Gasteiger partial charge in [0.15, 0.2) is 6.10 Å². The van der Waals surface area contributed by atoms with E-state index in [4.69, 9.17) is 24.3 Å². The molecule has 0 spiro atoms. The Bertz CT molecular complexity index is 1640. The summed E-state index contributed by atoms with van der Waals surface area (Å²) in [6.07, 6.45) is 82.5. The highest BCUT2D eigenvalue weighted by Crippen LogP contribution is 2.43. The summed E-state index contributed by atoms with van der Waals surface area (Å²) in [5.41, 5.74) is 5.38. The minimum absolute atomic E-state index is 0.0456. The average Bonchev–Trinajstić information content (AvgIpc) is 3.40. The molecule has 428 valence electrons. The Morgan fingerprint density at radius 2 is 0.733 bits per heavy atom. The Morgan fingerprint density at radius 3 is 1.11 bits per heavy atom. The van der Waals surface area contributed by atoms with Crippen molar-refractivity contribution in [3.05, 3.63) is 122 Å². The summed E-state index contributed by atoms with van der Waals surface area (Å²) >= 11 is 0. The summed E-state index contributed by atoms with van der Waals surface area (Å²) in [4.78, 5) is 35.2. The van der Waals surface area contributed by atoms with Crippen LogP contribution < -0.4 is 5.73 Å². The molecule has 0 fully saturated rings. The van der Waals surface area contributed by atoms with Crippen LogP contribution in [0, 0.1) is 0 Å². The second-order valence-electron chi connectivity index (χ2n) is 19.5. The SMILES string of the molecule is CC/C=C\C/C=C\C/C=C\C/C=C\C/C=C\C/C=C\C/C=C\C/C=C\C/C=C\CCCCCCCCCC(=O)OC(COC(=O)CCCCCCCCCCC/C=C\CCCCCCCC)COP(=O)(O)OCCN. The quantitative estimate of drug-likeness (QED) is 0.0264. The van der Waals surface area contributed by atoms with Crippen LogP contribution in [0.15, 0.2) is 122 Å². The topological polar surface area (TPSA) is 134 Å². The van der Waals surface area contributed by atoms with Gasteiger partial charge in [-0.2, -0.15) is 0 Å². The normalized spacial score (nSPS) is 13.9. The molecular formula is C65H110NO8P. The number of rotatable bonds is 55. The first-order chi connectivity index (χ1) is 36.8. The van der Waals surface area contributed by atoms with Gasteiger partial charge in [-0.05, 0) is 109 Å². The summed E-state index contributed by atoms with van der Waals surface area (Å²) in [7, 11) is -4.40. The van der Waals surface area contributed by atoms with Crippen molar-refractivity contribution >= 4 is 19.8 Å². The number of allylic oxidation sites excluding steroid dienone is 20. The molecule has 0 heterocycles. The fraction of sp³-hybridized carbons (Fsp3) is 0.662. The van der Waals surface area contributed by atoms with Gasteiger partial charge >= 0.3 is 19.8 Å². The van der Waals surface area contributed by atoms with E-state index < -0.39 is 26.5 Å². The number of nitrogens with two attached hydrogens (primary N) is 1. The second kappa shape index (κ2) is 59.7. The molecule has 2 atom stereocenters. The molecule has 0 amide bonds. The molecule has 10 heteroatoms. The summed E-state index contributed by atoms with van der Waals surface area (Å²) in [5, 5.41) is 0. The van der Waals surface area contributed by atoms with Gasteiger partial charge in [-0.3, -0.25) is 18.6 Å². The van der Waals surface area contributed by atoms with E-state index in [2.05, 4.69) is 135 Å². The molecule has 2 unspecified atom stereocenters. The molecule has 9 nitrogen and oxygen atoms in total. The lowest BCUT2D eigenvalue weighted by Gasteiger charge is -2.19. The molecule has 0 aliphatic carbocycles. The van der Waals surface area contributed by atoms with Gasteiger partial charge in [-0.15, -0.1) is 0 Å². The van der Waals surface area contributed by atoms with E-state index in [1.807, 2.05) is 0 Å². The van der Waals surface area contributed by atoms with E-state index in [1.165, 1.54) is 109 Å². The van der Waals surface area contributed by atoms with Crippen LogP contribution in [0.1, 0.15) is 245 Å². The standard InChI is InChI=1S/C65H110NO8P/c1-3-5-7-9-11-13-15-17-19-21-23-24-25-26-27-28-29-30-31-32-33-34-35-36-37-38-40-42-44-46-48-50-52-54-56-58-65(68)74-63(62-73-75(69,70)72-60-59-66)61-71-64(67)57-55-53-51-49-47-45-43-41-39-22-20-18-16-14-12-10-8-6-4-2/h5,7,11,13,17-20,23-24,26-27,29-30,32-33,35-36,38,40,63H,3-4,6,8-10,12,14-16,21-22,25,28,31,34,37,39,41-62,66H2,1-2H3,(H,69,70)/b7-5-,13-11-,19-17-,20-18-,24-23-,27-26-,30-29-,33-32-,36-35-,40-38-. The van der Waals surface area contributed by atoms with Crippen LogP contribution >= 0.6 is 7.82 Å². The van der Waals surface area contributed by atoms with Crippen LogP contribution in [-0.4, -0.2) is 49.3 Å². The third-order valence-corrected chi connectivity index (χ3v) is 13.3. The predicted molar refractivity (Wildman–Crippen MR) is 321 cm³/mol. The minimum atomic E-state index is -4.40. The van der Waals surface area contributed by atoms with E-state index in [9.17, 15) is 19.0 Å². The zero-order chi connectivity index (χ0) is 54.5. The summed E-state index contributed by atoms with van der Waals surface area (Å²) < 4.78 is 33.0. The summed E-state index contributed by atoms with van der Waals surface area (Å²) in [6, 6.07) is 0. The maximum absolute atomic E-state index is 12.7. The lowest BCUT2D eigenvalue weighted by atomic mass is 10.1. The van der Waals surface area contributed by atoms with Crippen molar-refractivity contribution in [2.45, 2.75) is 251 Å². The highest BCUT2D eigenvalue weighted by molar-refractivity contribution is 7.47. The summed E-state index contributed by atoms with van der Waals surface area (Å²) in [5.74, 6) is -0.846. The third-order valence-electron chi connectivity index (χ3n) is 12.3. The Kier molecular flexibility index (Phi) is 56.8. The number of unbranched alkanes of at least 4 members (excludes halogenated alkanes) is 22. The van der Waals surface area contributed by atoms with Crippen LogP contribution in [0.4, 0.5) is 0 Å². The first-order valence-electron chi connectivity index (χ1n) is 30.0. The van der Waals surface area contributed by atoms with Crippen LogP contribution in [0.5, 0.6) is 0 Å². The fourth-order valence-electron chi connectivity index (χ4n) is 7.92. The second-order valence-corrected chi connectivity index (χ2v) is 20.9. The fourth-order valence-corrected chi connectivity index (χ4v) is 8.68. The molecule has 0 aromatic heterocycles. The zero-order valence-corrected chi connectivity index (χ0v) is 48.6. The van der Waals surface area contributed by atoms with Gasteiger partial charge < -0.3 is 20.1 Å². The summed E-state index contributed by atoms with van der Waals surface area (Å²) in [6.45, 7) is 3.61. The zero-order valence-electron chi connectivity index (χ0n) is 47.7. The Balaban J connectivity index is 4.03. The monoisotopic (exact) mass is 1060 g/mol. The van der Waals surface area contributed by atoms with E-state index in [-0.39, 0.29) is 38.6 Å². The van der Waals surface area contributed by atoms with Crippen LogP contribution in [0.3, 0.4) is 0 Å². The lowest BCUT2D eigenvalue weighted by molar-refractivity contribution is -0.161. The number of hydrogen-bond acceptors (Lipinski definition) is 8. The van der Waals surface area contributed by atoms with E-state index >= 15 is 0 Å². The number of phosphoric acid groups is 1. The van der Waals surface area contributed by atoms with Crippen molar-refractivity contribution in [3.63, 3.8) is 0 Å². The van der Waals surface area contributed by atoms with E-state index in [0.29, 0.717) is 6.42 Å². The van der Waals surface area contributed by atoms with Gasteiger partial charge in [0.05, 0.1) is 13.2 Å². The number of carbonyl (C=O) groups is 2. The average molecular weight is 1060 g/mol. The van der Waals surface area contributed by atoms with E-state index in [1.54, 1.807) is 0 Å². The maximum atomic E-state index is 12.7. The molecule has 75 heavy (non-hydrogen) atoms. The van der Waals surface area contributed by atoms with Gasteiger partial charge in [0.1, 0.15) is 6.61 Å². The number of esters is 2. The predicted octanol–water partition coefficient (Wildman–Crippen LogP) is 19.2. The Morgan fingerprint density at radius 1 is 0.413 bits per heavy atom. The van der Waals surface area contributed by atoms with Gasteiger partial charge in [0, 0.05) is 19.4 Å². The number of hydrogen-bond donors (Lipinski definition) is 2. The molecule has 0 saturated heterocycles. The minimum Gasteiger partial charge on any atom is -0.462 e. The van der Waals surface area contributed by atoms with Crippen molar-refractivity contribution < 1.29 is 37.6 Å². The molecule has 0 aromatic carbocycles. The Labute approximate surface area is 460 Å². The molecule has 0 radical (unpaired) electrons. The Hall–Kier alpha value is -3.59. The molecule has 0 aliphatic heterocycles.